The molecule has 0 fully saturated rings. The molecule has 0 aliphatic carbocycles. The molecule has 0 radical (unpaired) electrons. The molecule has 116 valence electrons. The van der Waals surface area contributed by atoms with Gasteiger partial charge in [-0.3, -0.25) is 4.79 Å². The fourth-order valence-corrected chi connectivity index (χ4v) is 2.08. The Balaban J connectivity index is 2.05. The molecule has 2 aromatic rings. The normalized spacial score (nSPS) is 13.3. The van der Waals surface area contributed by atoms with E-state index in [9.17, 15) is 14.3 Å². The number of ether oxygens (including phenoxy) is 1. The largest absolute Gasteiger partial charge is 0.497 e. The first-order valence-corrected chi connectivity index (χ1v) is 6.89. The van der Waals surface area contributed by atoms with Crippen molar-refractivity contribution in [1.82, 2.24) is 5.32 Å². The highest BCUT2D eigenvalue weighted by molar-refractivity contribution is 5.94. The van der Waals surface area contributed by atoms with Gasteiger partial charge in [-0.1, -0.05) is 18.2 Å². The number of rotatable bonds is 5. The third kappa shape index (κ3) is 3.83. The van der Waals surface area contributed by atoms with Gasteiger partial charge in [0.25, 0.3) is 5.91 Å². The minimum Gasteiger partial charge on any atom is -0.497 e. The highest BCUT2D eigenvalue weighted by Gasteiger charge is 2.19. The molecule has 0 aliphatic heterocycles. The molecule has 0 aliphatic rings. The SMILES string of the molecule is COc1cccc(C(=O)NC(C)C(O)c2ccc(F)cc2)c1. The number of nitrogens with one attached hydrogen (secondary N) is 1. The summed E-state index contributed by atoms with van der Waals surface area (Å²) < 4.78 is 18.0. The van der Waals surface area contributed by atoms with Crippen LogP contribution in [0.5, 0.6) is 5.75 Å². The van der Waals surface area contributed by atoms with Crippen LogP contribution in [0.1, 0.15) is 28.9 Å². The molecule has 2 unspecified atom stereocenters. The summed E-state index contributed by atoms with van der Waals surface area (Å²) in [5, 5.41) is 12.9. The third-order valence-electron chi connectivity index (χ3n) is 3.38. The fourth-order valence-electron chi connectivity index (χ4n) is 2.08. The molecule has 2 N–H and O–H groups in total. The number of carbonyl (C=O) groups is 1. The van der Waals surface area contributed by atoms with Crippen molar-refractivity contribution in [3.63, 3.8) is 0 Å². The standard InChI is InChI=1S/C17H18FNO3/c1-11(16(20)12-6-8-14(18)9-7-12)19-17(21)13-4-3-5-15(10-13)22-2/h3-11,16,20H,1-2H3,(H,19,21). The number of carbonyl (C=O) groups excluding carboxylic acids is 1. The number of aliphatic hydroxyl groups excluding tert-OH is 1. The maximum absolute atomic E-state index is 12.9. The van der Waals surface area contributed by atoms with Gasteiger partial charge < -0.3 is 15.2 Å². The van der Waals surface area contributed by atoms with Crippen LogP contribution < -0.4 is 10.1 Å². The van der Waals surface area contributed by atoms with E-state index in [0.717, 1.165) is 0 Å². The lowest BCUT2D eigenvalue weighted by molar-refractivity contribution is 0.0851. The summed E-state index contributed by atoms with van der Waals surface area (Å²) >= 11 is 0. The minimum absolute atomic E-state index is 0.312. The molecule has 4 nitrogen and oxygen atoms in total. The van der Waals surface area contributed by atoms with Crippen molar-refractivity contribution in [3.05, 3.63) is 65.5 Å². The Morgan fingerprint density at radius 3 is 2.55 bits per heavy atom. The maximum atomic E-state index is 12.9. The van der Waals surface area contributed by atoms with Crippen molar-refractivity contribution in [1.29, 1.82) is 0 Å². The molecular weight excluding hydrogens is 285 g/mol. The molecule has 0 bridgehead atoms. The van der Waals surface area contributed by atoms with E-state index in [1.165, 1.54) is 31.4 Å². The summed E-state index contributed by atoms with van der Waals surface area (Å²) in [6.07, 6.45) is -0.921. The smallest absolute Gasteiger partial charge is 0.251 e. The van der Waals surface area contributed by atoms with E-state index in [1.54, 1.807) is 31.2 Å². The number of halogens is 1. The number of benzene rings is 2. The number of hydrogen-bond acceptors (Lipinski definition) is 3. The Morgan fingerprint density at radius 1 is 1.23 bits per heavy atom. The molecule has 22 heavy (non-hydrogen) atoms. The number of amides is 1. The van der Waals surface area contributed by atoms with Crippen molar-refractivity contribution in [3.8, 4) is 5.75 Å². The quantitative estimate of drug-likeness (QED) is 0.893. The van der Waals surface area contributed by atoms with Crippen LogP contribution in [0.15, 0.2) is 48.5 Å². The van der Waals surface area contributed by atoms with Gasteiger partial charge in [-0.2, -0.15) is 0 Å². The van der Waals surface area contributed by atoms with E-state index in [4.69, 9.17) is 4.74 Å². The lowest BCUT2D eigenvalue weighted by atomic mass is 10.0. The van der Waals surface area contributed by atoms with Crippen LogP contribution in [0, 0.1) is 5.82 Å². The zero-order valence-electron chi connectivity index (χ0n) is 12.4. The van der Waals surface area contributed by atoms with Crippen LogP contribution >= 0.6 is 0 Å². The number of hydrogen-bond donors (Lipinski definition) is 2. The average Bonchev–Trinajstić information content (AvgIpc) is 2.54. The van der Waals surface area contributed by atoms with E-state index in [-0.39, 0.29) is 11.7 Å². The molecule has 0 saturated carbocycles. The summed E-state index contributed by atoms with van der Waals surface area (Å²) in [6, 6.07) is 11.8. The second-order valence-corrected chi connectivity index (χ2v) is 4.99. The predicted molar refractivity (Wildman–Crippen MR) is 81.3 cm³/mol. The average molecular weight is 303 g/mol. The summed E-state index contributed by atoms with van der Waals surface area (Å²) in [5.74, 6) is -0.101. The van der Waals surface area contributed by atoms with Gasteiger partial charge >= 0.3 is 0 Å². The second-order valence-electron chi connectivity index (χ2n) is 4.99. The Kier molecular flexibility index (Phi) is 5.12. The van der Waals surface area contributed by atoms with Crippen LogP contribution in [0.4, 0.5) is 4.39 Å². The molecular formula is C17H18FNO3. The van der Waals surface area contributed by atoms with E-state index in [2.05, 4.69) is 5.32 Å². The predicted octanol–water partition coefficient (Wildman–Crippen LogP) is 2.69. The highest BCUT2D eigenvalue weighted by Crippen LogP contribution is 2.18. The van der Waals surface area contributed by atoms with E-state index in [1.807, 2.05) is 0 Å². The Labute approximate surface area is 128 Å². The molecule has 0 saturated heterocycles. The van der Waals surface area contributed by atoms with Crippen molar-refractivity contribution in [2.75, 3.05) is 7.11 Å². The minimum atomic E-state index is -0.921. The van der Waals surface area contributed by atoms with Gasteiger partial charge in [0, 0.05) is 5.56 Å². The summed E-state index contributed by atoms with van der Waals surface area (Å²) in [6.45, 7) is 1.69. The lowest BCUT2D eigenvalue weighted by Crippen LogP contribution is -2.37. The van der Waals surface area contributed by atoms with Crippen LogP contribution in [0.2, 0.25) is 0 Å². The van der Waals surface area contributed by atoms with Crippen LogP contribution in [-0.2, 0) is 0 Å². The van der Waals surface area contributed by atoms with Gasteiger partial charge in [0.15, 0.2) is 0 Å². The van der Waals surface area contributed by atoms with Gasteiger partial charge in [-0.05, 0) is 42.8 Å². The van der Waals surface area contributed by atoms with Gasteiger partial charge in [0.1, 0.15) is 11.6 Å². The summed E-state index contributed by atoms with van der Waals surface area (Å²) in [5.41, 5.74) is 0.984. The van der Waals surface area contributed by atoms with Crippen molar-refractivity contribution < 1.29 is 19.0 Å². The monoisotopic (exact) mass is 303 g/mol. The maximum Gasteiger partial charge on any atom is 0.251 e. The molecule has 2 atom stereocenters. The molecule has 0 spiro atoms. The zero-order valence-corrected chi connectivity index (χ0v) is 12.4. The van der Waals surface area contributed by atoms with E-state index in [0.29, 0.717) is 16.9 Å². The molecule has 5 heteroatoms. The van der Waals surface area contributed by atoms with E-state index < -0.39 is 12.1 Å². The molecule has 2 aromatic carbocycles. The zero-order chi connectivity index (χ0) is 16.1. The molecule has 0 heterocycles. The number of aliphatic hydroxyl groups is 1. The Morgan fingerprint density at radius 2 is 1.91 bits per heavy atom. The first-order chi connectivity index (χ1) is 10.5. The van der Waals surface area contributed by atoms with Crippen LogP contribution in [0.25, 0.3) is 0 Å². The van der Waals surface area contributed by atoms with Crippen LogP contribution in [-0.4, -0.2) is 24.2 Å². The van der Waals surface area contributed by atoms with Gasteiger partial charge in [0.2, 0.25) is 0 Å². The Bertz CT molecular complexity index is 643. The van der Waals surface area contributed by atoms with E-state index >= 15 is 0 Å². The topological polar surface area (TPSA) is 58.6 Å². The van der Waals surface area contributed by atoms with Gasteiger partial charge in [0.05, 0.1) is 19.3 Å². The van der Waals surface area contributed by atoms with Gasteiger partial charge in [-0.15, -0.1) is 0 Å². The summed E-state index contributed by atoms with van der Waals surface area (Å²) in [4.78, 5) is 12.2. The van der Waals surface area contributed by atoms with Crippen molar-refractivity contribution >= 4 is 5.91 Å². The first-order valence-electron chi connectivity index (χ1n) is 6.89. The summed E-state index contributed by atoms with van der Waals surface area (Å²) in [7, 11) is 1.53. The molecule has 0 aromatic heterocycles. The fraction of sp³-hybridized carbons (Fsp3) is 0.235. The van der Waals surface area contributed by atoms with Crippen molar-refractivity contribution in [2.24, 2.45) is 0 Å². The Hall–Kier alpha value is -2.40. The van der Waals surface area contributed by atoms with Gasteiger partial charge in [-0.25, -0.2) is 4.39 Å². The second kappa shape index (κ2) is 7.04. The third-order valence-corrected chi connectivity index (χ3v) is 3.38. The van der Waals surface area contributed by atoms with Crippen LogP contribution in [0.3, 0.4) is 0 Å². The lowest BCUT2D eigenvalue weighted by Gasteiger charge is -2.20. The number of methoxy groups -OCH3 is 1. The molecule has 2 rings (SSSR count). The van der Waals surface area contributed by atoms with Crippen molar-refractivity contribution in [2.45, 2.75) is 19.1 Å². The molecule has 1 amide bonds. The first kappa shape index (κ1) is 16.0. The highest BCUT2D eigenvalue weighted by atomic mass is 19.1.